The van der Waals surface area contributed by atoms with Crippen LogP contribution in [0, 0.1) is 6.92 Å². The van der Waals surface area contributed by atoms with Gasteiger partial charge in [0.1, 0.15) is 5.75 Å². The Hall–Kier alpha value is -2.99. The lowest BCUT2D eigenvalue weighted by atomic mass is 10.0. The summed E-state index contributed by atoms with van der Waals surface area (Å²) in [6.07, 6.45) is 0. The van der Waals surface area contributed by atoms with E-state index in [0.29, 0.717) is 11.4 Å². The Kier molecular flexibility index (Phi) is 4.61. The van der Waals surface area contributed by atoms with Crippen LogP contribution in [0.3, 0.4) is 0 Å². The van der Waals surface area contributed by atoms with Crippen LogP contribution >= 0.6 is 0 Å². The number of phenolic OH excluding ortho intramolecular Hbond substituents is 1. The Labute approximate surface area is 153 Å². The van der Waals surface area contributed by atoms with Gasteiger partial charge in [-0.2, -0.15) is 0 Å². The molecule has 0 radical (unpaired) electrons. The van der Waals surface area contributed by atoms with E-state index in [2.05, 4.69) is 0 Å². The van der Waals surface area contributed by atoms with Crippen molar-refractivity contribution in [1.82, 2.24) is 0 Å². The van der Waals surface area contributed by atoms with Crippen LogP contribution in [0.25, 0.3) is 11.1 Å². The average Bonchev–Trinajstić information content (AvgIpc) is 2.64. The second kappa shape index (κ2) is 6.72. The molecule has 0 aliphatic heterocycles. The summed E-state index contributed by atoms with van der Waals surface area (Å²) < 4.78 is 26.8. The van der Waals surface area contributed by atoms with Gasteiger partial charge in [-0.15, -0.1) is 0 Å². The molecule has 3 N–H and O–H groups in total. The molecule has 0 aromatic heterocycles. The molecule has 0 saturated heterocycles. The molecule has 6 heteroatoms. The molecule has 3 aromatic carbocycles. The Morgan fingerprint density at radius 1 is 0.885 bits per heavy atom. The fraction of sp³-hybridized carbons (Fsp3) is 0.100. The minimum atomic E-state index is -3.69. The van der Waals surface area contributed by atoms with Gasteiger partial charge in [0.25, 0.3) is 10.0 Å². The number of sulfonamides is 1. The number of benzene rings is 3. The van der Waals surface area contributed by atoms with Crippen LogP contribution in [0.15, 0.2) is 71.6 Å². The Morgan fingerprint density at radius 2 is 1.46 bits per heavy atom. The first-order chi connectivity index (χ1) is 12.3. The molecule has 26 heavy (non-hydrogen) atoms. The van der Waals surface area contributed by atoms with Crippen molar-refractivity contribution in [2.45, 2.75) is 11.8 Å². The van der Waals surface area contributed by atoms with Gasteiger partial charge in [0.15, 0.2) is 0 Å². The number of aromatic hydroxyl groups is 1. The molecule has 0 fully saturated rings. The summed E-state index contributed by atoms with van der Waals surface area (Å²) in [5.74, 6) is 0.0845. The number of anilines is 2. The van der Waals surface area contributed by atoms with Gasteiger partial charge in [-0.3, -0.25) is 4.31 Å². The predicted octanol–water partition coefficient (Wildman–Crippen LogP) is 3.77. The van der Waals surface area contributed by atoms with E-state index in [0.717, 1.165) is 16.7 Å². The predicted molar refractivity (Wildman–Crippen MR) is 105 cm³/mol. The molecule has 0 spiro atoms. The second-order valence-corrected chi connectivity index (χ2v) is 8.05. The summed E-state index contributed by atoms with van der Waals surface area (Å²) in [4.78, 5) is 0.192. The molecular formula is C20H20N2O3S. The van der Waals surface area contributed by atoms with Crippen molar-refractivity contribution in [2.24, 2.45) is 0 Å². The molecule has 3 rings (SSSR count). The number of nitrogens with zero attached hydrogens (tertiary/aromatic N) is 1. The molecule has 0 saturated carbocycles. The van der Waals surface area contributed by atoms with Crippen LogP contribution in [-0.2, 0) is 10.0 Å². The standard InChI is InChI=1S/C20H20N2O3S/c1-14-3-4-16(13-20(14)21)15-5-11-19(12-6-15)26(24,25)22(2)17-7-9-18(23)10-8-17/h3-13,23H,21H2,1-2H3. The highest BCUT2D eigenvalue weighted by atomic mass is 32.2. The number of rotatable bonds is 4. The number of hydrogen-bond donors (Lipinski definition) is 2. The maximum atomic E-state index is 12.8. The lowest BCUT2D eigenvalue weighted by Crippen LogP contribution is -2.26. The molecular weight excluding hydrogens is 348 g/mol. The SMILES string of the molecule is Cc1ccc(-c2ccc(S(=O)(=O)N(C)c3ccc(O)cc3)cc2)cc1N. The maximum Gasteiger partial charge on any atom is 0.264 e. The molecule has 0 amide bonds. The van der Waals surface area contributed by atoms with E-state index in [9.17, 15) is 13.5 Å². The second-order valence-electron chi connectivity index (χ2n) is 6.08. The van der Waals surface area contributed by atoms with Gasteiger partial charge in [0.2, 0.25) is 0 Å². The van der Waals surface area contributed by atoms with Gasteiger partial charge in [0, 0.05) is 12.7 Å². The van der Waals surface area contributed by atoms with Gasteiger partial charge in [-0.05, 0) is 66.1 Å². The maximum absolute atomic E-state index is 12.8. The highest BCUT2D eigenvalue weighted by molar-refractivity contribution is 7.92. The average molecular weight is 368 g/mol. The number of phenols is 1. The molecule has 0 aliphatic carbocycles. The fourth-order valence-electron chi connectivity index (χ4n) is 2.60. The van der Waals surface area contributed by atoms with Crippen molar-refractivity contribution in [2.75, 3.05) is 17.1 Å². The summed E-state index contributed by atoms with van der Waals surface area (Å²) in [7, 11) is -2.21. The molecule has 3 aromatic rings. The first kappa shape index (κ1) is 17.8. The number of hydrogen-bond acceptors (Lipinski definition) is 4. The van der Waals surface area contributed by atoms with E-state index in [-0.39, 0.29) is 10.6 Å². The van der Waals surface area contributed by atoms with E-state index >= 15 is 0 Å². The first-order valence-corrected chi connectivity index (χ1v) is 9.47. The van der Waals surface area contributed by atoms with Crippen LogP contribution < -0.4 is 10.0 Å². The van der Waals surface area contributed by atoms with Crippen molar-refractivity contribution in [1.29, 1.82) is 0 Å². The fourth-order valence-corrected chi connectivity index (χ4v) is 3.79. The van der Waals surface area contributed by atoms with Crippen molar-refractivity contribution in [3.05, 3.63) is 72.3 Å². The van der Waals surface area contributed by atoms with Gasteiger partial charge in [-0.1, -0.05) is 24.3 Å². The van der Waals surface area contributed by atoms with E-state index in [1.165, 1.54) is 23.5 Å². The minimum Gasteiger partial charge on any atom is -0.508 e. The van der Waals surface area contributed by atoms with Gasteiger partial charge in [0.05, 0.1) is 10.6 Å². The monoisotopic (exact) mass is 368 g/mol. The van der Waals surface area contributed by atoms with Gasteiger partial charge in [-0.25, -0.2) is 8.42 Å². The summed E-state index contributed by atoms with van der Waals surface area (Å²) in [6, 6.07) is 18.5. The lowest BCUT2D eigenvalue weighted by Gasteiger charge is -2.19. The molecule has 0 bridgehead atoms. The van der Waals surface area contributed by atoms with E-state index < -0.39 is 10.0 Å². The van der Waals surface area contributed by atoms with Crippen LogP contribution in [0.2, 0.25) is 0 Å². The van der Waals surface area contributed by atoms with Crippen LogP contribution in [0.1, 0.15) is 5.56 Å². The van der Waals surface area contributed by atoms with Crippen molar-refractivity contribution in [3.63, 3.8) is 0 Å². The Balaban J connectivity index is 1.91. The lowest BCUT2D eigenvalue weighted by molar-refractivity contribution is 0.475. The molecule has 0 unspecified atom stereocenters. The minimum absolute atomic E-state index is 0.0845. The molecule has 0 aliphatic rings. The zero-order valence-corrected chi connectivity index (χ0v) is 15.4. The zero-order chi connectivity index (χ0) is 18.9. The first-order valence-electron chi connectivity index (χ1n) is 8.03. The van der Waals surface area contributed by atoms with E-state index in [1.54, 1.807) is 36.4 Å². The smallest absolute Gasteiger partial charge is 0.264 e. The Bertz CT molecular complexity index is 1030. The highest BCUT2D eigenvalue weighted by Gasteiger charge is 2.21. The quantitative estimate of drug-likeness (QED) is 0.687. The molecule has 5 nitrogen and oxygen atoms in total. The van der Waals surface area contributed by atoms with Crippen molar-refractivity contribution >= 4 is 21.4 Å². The topological polar surface area (TPSA) is 83.6 Å². The summed E-state index contributed by atoms with van der Waals surface area (Å²) in [5.41, 5.74) is 9.95. The van der Waals surface area contributed by atoms with Crippen molar-refractivity contribution in [3.8, 4) is 16.9 Å². The van der Waals surface area contributed by atoms with E-state index in [1.807, 2.05) is 25.1 Å². The normalized spacial score (nSPS) is 11.3. The highest BCUT2D eigenvalue weighted by Crippen LogP contribution is 2.27. The Morgan fingerprint density at radius 3 is 2.04 bits per heavy atom. The van der Waals surface area contributed by atoms with Crippen LogP contribution in [0.4, 0.5) is 11.4 Å². The molecule has 0 heterocycles. The summed E-state index contributed by atoms with van der Waals surface area (Å²) in [6.45, 7) is 1.94. The third-order valence-electron chi connectivity index (χ3n) is 4.34. The van der Waals surface area contributed by atoms with Gasteiger partial charge >= 0.3 is 0 Å². The number of nitrogens with two attached hydrogens (primary N) is 1. The van der Waals surface area contributed by atoms with Crippen LogP contribution in [0.5, 0.6) is 5.75 Å². The number of nitrogen functional groups attached to an aromatic ring is 1. The molecule has 0 atom stereocenters. The third kappa shape index (κ3) is 3.36. The van der Waals surface area contributed by atoms with Crippen molar-refractivity contribution < 1.29 is 13.5 Å². The zero-order valence-electron chi connectivity index (χ0n) is 14.5. The third-order valence-corrected chi connectivity index (χ3v) is 6.14. The van der Waals surface area contributed by atoms with Crippen LogP contribution in [-0.4, -0.2) is 20.6 Å². The largest absolute Gasteiger partial charge is 0.508 e. The summed E-state index contributed by atoms with van der Waals surface area (Å²) in [5, 5.41) is 9.36. The summed E-state index contributed by atoms with van der Waals surface area (Å²) >= 11 is 0. The van der Waals surface area contributed by atoms with E-state index in [4.69, 9.17) is 5.73 Å². The van der Waals surface area contributed by atoms with Gasteiger partial charge < -0.3 is 10.8 Å². The molecule has 134 valence electrons. The number of aryl methyl sites for hydroxylation is 1.